The summed E-state index contributed by atoms with van der Waals surface area (Å²) >= 11 is 4.90. The number of carbonyl (C=O) groups is 1. The molecule has 3 nitrogen and oxygen atoms in total. The molecule has 0 aliphatic heterocycles. The molecule has 0 aromatic carbocycles. The SMILES string of the molecule is N#C/C(=C\Cl)C(=O)O. The van der Waals surface area contributed by atoms with Crippen molar-refractivity contribution in [1.82, 2.24) is 0 Å². The van der Waals surface area contributed by atoms with Gasteiger partial charge in [0.15, 0.2) is 0 Å². The average Bonchev–Trinajstić information content (AvgIpc) is 1.69. The first-order valence-electron chi connectivity index (χ1n) is 1.66. The molecule has 0 heterocycles. The number of hydrogen-bond acceptors (Lipinski definition) is 2. The fourth-order valence-corrected chi connectivity index (χ4v) is 0.261. The van der Waals surface area contributed by atoms with Crippen molar-refractivity contribution < 1.29 is 9.90 Å². The zero-order valence-corrected chi connectivity index (χ0v) is 4.51. The fourth-order valence-electron chi connectivity index (χ4n) is 0.119. The molecule has 0 aliphatic rings. The van der Waals surface area contributed by atoms with E-state index >= 15 is 0 Å². The van der Waals surface area contributed by atoms with Crippen molar-refractivity contribution in [3.05, 3.63) is 11.1 Å². The largest absolute Gasteiger partial charge is 0.477 e. The van der Waals surface area contributed by atoms with Crippen molar-refractivity contribution in [1.29, 1.82) is 5.26 Å². The van der Waals surface area contributed by atoms with Gasteiger partial charge in [0.2, 0.25) is 0 Å². The van der Waals surface area contributed by atoms with Crippen LogP contribution in [0.25, 0.3) is 0 Å². The third kappa shape index (κ3) is 1.63. The van der Waals surface area contributed by atoms with Crippen LogP contribution in [0.15, 0.2) is 11.1 Å². The fraction of sp³-hybridized carbons (Fsp3) is 0. The van der Waals surface area contributed by atoms with Gasteiger partial charge in [0.1, 0.15) is 11.6 Å². The zero-order valence-electron chi connectivity index (χ0n) is 3.76. The summed E-state index contributed by atoms with van der Waals surface area (Å²) in [5.74, 6) is -1.30. The molecule has 0 saturated heterocycles. The molecular formula is C4H2ClNO2. The van der Waals surface area contributed by atoms with Gasteiger partial charge in [-0.1, -0.05) is 11.6 Å². The Labute approximate surface area is 50.8 Å². The van der Waals surface area contributed by atoms with Crippen LogP contribution in [-0.4, -0.2) is 11.1 Å². The van der Waals surface area contributed by atoms with Crippen LogP contribution in [0.1, 0.15) is 0 Å². The van der Waals surface area contributed by atoms with Crippen molar-refractivity contribution >= 4 is 17.6 Å². The van der Waals surface area contributed by atoms with Crippen molar-refractivity contribution in [2.24, 2.45) is 0 Å². The van der Waals surface area contributed by atoms with E-state index in [1.165, 1.54) is 6.07 Å². The van der Waals surface area contributed by atoms with Gasteiger partial charge in [-0.05, 0) is 0 Å². The molecule has 0 spiro atoms. The highest BCUT2D eigenvalue weighted by Gasteiger charge is 2.01. The van der Waals surface area contributed by atoms with Crippen LogP contribution in [0.3, 0.4) is 0 Å². The topological polar surface area (TPSA) is 61.1 Å². The first-order valence-corrected chi connectivity index (χ1v) is 2.09. The molecule has 4 heteroatoms. The minimum absolute atomic E-state index is 0.452. The van der Waals surface area contributed by atoms with E-state index in [0.29, 0.717) is 0 Å². The molecule has 1 N–H and O–H groups in total. The van der Waals surface area contributed by atoms with Crippen molar-refractivity contribution in [3.63, 3.8) is 0 Å². The molecule has 42 valence electrons. The summed E-state index contributed by atoms with van der Waals surface area (Å²) < 4.78 is 0. The molecule has 8 heavy (non-hydrogen) atoms. The molecule has 0 rings (SSSR count). The van der Waals surface area contributed by atoms with Crippen LogP contribution >= 0.6 is 11.6 Å². The van der Waals surface area contributed by atoms with Crippen LogP contribution in [0.4, 0.5) is 0 Å². The molecule has 0 amide bonds. The lowest BCUT2D eigenvalue weighted by Crippen LogP contribution is -1.95. The molecule has 0 radical (unpaired) electrons. The summed E-state index contributed by atoms with van der Waals surface area (Å²) in [5, 5.41) is 15.9. The smallest absolute Gasteiger partial charge is 0.347 e. The zero-order chi connectivity index (χ0) is 6.57. The maximum Gasteiger partial charge on any atom is 0.347 e. The molecule has 0 fully saturated rings. The molecule has 0 aromatic rings. The van der Waals surface area contributed by atoms with Crippen LogP contribution in [0, 0.1) is 11.3 Å². The highest BCUT2D eigenvalue weighted by atomic mass is 35.5. The molecule has 0 unspecified atom stereocenters. The minimum atomic E-state index is -1.30. The predicted octanol–water partition coefficient (Wildman–Crippen LogP) is 0.717. The van der Waals surface area contributed by atoms with Crippen LogP contribution in [0.5, 0.6) is 0 Å². The molecular weight excluding hydrogens is 130 g/mol. The number of carboxylic acids is 1. The monoisotopic (exact) mass is 131 g/mol. The number of halogens is 1. The van der Waals surface area contributed by atoms with Crippen LogP contribution in [0.2, 0.25) is 0 Å². The van der Waals surface area contributed by atoms with Crippen molar-refractivity contribution in [2.45, 2.75) is 0 Å². The lowest BCUT2D eigenvalue weighted by molar-refractivity contribution is -0.132. The van der Waals surface area contributed by atoms with E-state index in [0.717, 1.165) is 5.54 Å². The molecule has 0 aromatic heterocycles. The van der Waals surface area contributed by atoms with Crippen molar-refractivity contribution in [3.8, 4) is 6.07 Å². The average molecular weight is 132 g/mol. The summed E-state index contributed by atoms with van der Waals surface area (Å²) in [6.45, 7) is 0. The summed E-state index contributed by atoms with van der Waals surface area (Å²) in [6, 6.07) is 1.38. The Morgan fingerprint density at radius 1 is 1.88 bits per heavy atom. The molecule has 0 bridgehead atoms. The maximum atomic E-state index is 9.79. The van der Waals surface area contributed by atoms with Crippen LogP contribution < -0.4 is 0 Å². The normalized spacial score (nSPS) is 10.2. The first-order chi connectivity index (χ1) is 3.72. The third-order valence-corrected chi connectivity index (χ3v) is 0.678. The summed E-state index contributed by atoms with van der Waals surface area (Å²) in [6.07, 6.45) is 0. The van der Waals surface area contributed by atoms with Crippen LogP contribution in [-0.2, 0) is 4.79 Å². The Balaban J connectivity index is 4.20. The van der Waals surface area contributed by atoms with E-state index < -0.39 is 11.5 Å². The van der Waals surface area contributed by atoms with Gasteiger partial charge in [0.05, 0.1) is 0 Å². The Morgan fingerprint density at radius 3 is 2.38 bits per heavy atom. The Kier molecular flexibility index (Phi) is 2.67. The van der Waals surface area contributed by atoms with E-state index in [9.17, 15) is 4.79 Å². The number of hydrogen-bond donors (Lipinski definition) is 1. The predicted molar refractivity (Wildman–Crippen MR) is 27.2 cm³/mol. The lowest BCUT2D eigenvalue weighted by Gasteiger charge is -1.79. The van der Waals surface area contributed by atoms with Gasteiger partial charge < -0.3 is 5.11 Å². The quantitative estimate of drug-likeness (QED) is 0.421. The van der Waals surface area contributed by atoms with Crippen molar-refractivity contribution in [2.75, 3.05) is 0 Å². The van der Waals surface area contributed by atoms with Gasteiger partial charge in [-0.25, -0.2) is 4.79 Å². The van der Waals surface area contributed by atoms with E-state index in [1.807, 2.05) is 0 Å². The first kappa shape index (κ1) is 6.99. The summed E-state index contributed by atoms with van der Waals surface area (Å²) in [5.41, 5.74) is 0.272. The third-order valence-electron chi connectivity index (χ3n) is 0.460. The van der Waals surface area contributed by atoms with Gasteiger partial charge in [-0.15, -0.1) is 0 Å². The highest BCUT2D eigenvalue weighted by Crippen LogP contribution is 1.92. The second kappa shape index (κ2) is 3.05. The van der Waals surface area contributed by atoms with Gasteiger partial charge in [-0.2, -0.15) is 5.26 Å². The summed E-state index contributed by atoms with van der Waals surface area (Å²) in [4.78, 5) is 9.79. The van der Waals surface area contributed by atoms with Gasteiger partial charge >= 0.3 is 5.97 Å². The Hall–Kier alpha value is -1.01. The standard InChI is InChI=1S/C4H2ClNO2/c5-1-3(2-6)4(7)8/h1H,(H,7,8)/b3-1+. The molecule has 0 saturated carbocycles. The van der Waals surface area contributed by atoms with Gasteiger partial charge in [-0.3, -0.25) is 0 Å². The lowest BCUT2D eigenvalue weighted by atomic mass is 10.4. The van der Waals surface area contributed by atoms with E-state index in [1.54, 1.807) is 0 Å². The molecule has 0 aliphatic carbocycles. The van der Waals surface area contributed by atoms with E-state index in [2.05, 4.69) is 0 Å². The number of nitriles is 1. The van der Waals surface area contributed by atoms with E-state index in [4.69, 9.17) is 22.0 Å². The highest BCUT2D eigenvalue weighted by molar-refractivity contribution is 6.27. The van der Waals surface area contributed by atoms with Gasteiger partial charge in [0.25, 0.3) is 0 Å². The number of nitrogens with zero attached hydrogens (tertiary/aromatic N) is 1. The van der Waals surface area contributed by atoms with Gasteiger partial charge in [0, 0.05) is 5.54 Å². The van der Waals surface area contributed by atoms with E-state index in [-0.39, 0.29) is 0 Å². The second-order valence-corrected chi connectivity index (χ2v) is 1.16. The summed E-state index contributed by atoms with van der Waals surface area (Å²) in [7, 11) is 0. The maximum absolute atomic E-state index is 9.79. The second-order valence-electron chi connectivity index (χ2n) is 0.940. The Morgan fingerprint density at radius 2 is 2.38 bits per heavy atom. The molecule has 0 atom stereocenters. The number of rotatable bonds is 1. The number of carboxylic acid groups (broad SMARTS) is 1. The number of aliphatic carboxylic acids is 1. The Bertz CT molecular complexity index is 167. The minimum Gasteiger partial charge on any atom is -0.477 e.